The van der Waals surface area contributed by atoms with Crippen LogP contribution in [-0.4, -0.2) is 19.1 Å². The largest absolute Gasteiger partial charge is 0.371 e. The Morgan fingerprint density at radius 2 is 1.89 bits per heavy atom. The summed E-state index contributed by atoms with van der Waals surface area (Å²) in [7, 11) is 0. The third-order valence-electron chi connectivity index (χ3n) is 4.53. The molecule has 3 heteroatoms. The Balaban J connectivity index is 1.78. The molecule has 1 saturated heterocycles. The van der Waals surface area contributed by atoms with Gasteiger partial charge in [-0.15, -0.1) is 0 Å². The molecule has 2 aliphatic rings. The number of rotatable bonds is 4. The van der Waals surface area contributed by atoms with Gasteiger partial charge in [0.1, 0.15) is 0 Å². The molecule has 104 valence electrons. The second kappa shape index (κ2) is 5.45. The van der Waals surface area contributed by atoms with Crippen LogP contribution in [0.5, 0.6) is 0 Å². The normalized spacial score (nSPS) is 27.0. The number of hydrogen-bond acceptors (Lipinski definition) is 2. The molecule has 0 radical (unpaired) electrons. The summed E-state index contributed by atoms with van der Waals surface area (Å²) in [6.07, 6.45) is 2.70. The lowest BCUT2D eigenvalue weighted by molar-refractivity contribution is 0.494. The van der Waals surface area contributed by atoms with Crippen molar-refractivity contribution in [2.45, 2.75) is 39.3 Å². The maximum absolute atomic E-state index is 3.64. The summed E-state index contributed by atoms with van der Waals surface area (Å²) in [6.45, 7) is 8.12. The van der Waals surface area contributed by atoms with Crippen molar-refractivity contribution in [2.24, 2.45) is 11.8 Å². The van der Waals surface area contributed by atoms with Crippen LogP contribution in [0.15, 0.2) is 22.7 Å². The first-order chi connectivity index (χ1) is 9.13. The maximum atomic E-state index is 3.64. The molecule has 19 heavy (non-hydrogen) atoms. The molecule has 0 aromatic heterocycles. The monoisotopic (exact) mass is 322 g/mol. The van der Waals surface area contributed by atoms with Crippen LogP contribution < -0.4 is 10.2 Å². The molecule has 2 atom stereocenters. The predicted molar refractivity (Wildman–Crippen MR) is 84.5 cm³/mol. The predicted octanol–water partition coefficient (Wildman–Crippen LogP) is 3.79. The van der Waals surface area contributed by atoms with Crippen LogP contribution in [0, 0.1) is 11.8 Å². The molecule has 2 fully saturated rings. The fourth-order valence-electron chi connectivity index (χ4n) is 2.87. The first-order valence-electron chi connectivity index (χ1n) is 7.40. The molecular weight excluding hydrogens is 300 g/mol. The molecule has 2 unspecified atom stereocenters. The fourth-order valence-corrected chi connectivity index (χ4v) is 3.28. The minimum atomic E-state index is 0.767. The Morgan fingerprint density at radius 1 is 1.21 bits per heavy atom. The van der Waals surface area contributed by atoms with Crippen LogP contribution in [-0.2, 0) is 6.54 Å². The summed E-state index contributed by atoms with van der Waals surface area (Å²) >= 11 is 3.60. The van der Waals surface area contributed by atoms with Crippen molar-refractivity contribution in [2.75, 3.05) is 18.0 Å². The second-order valence-electron chi connectivity index (χ2n) is 6.29. The van der Waals surface area contributed by atoms with Gasteiger partial charge in [0.05, 0.1) is 0 Å². The first-order valence-corrected chi connectivity index (χ1v) is 8.19. The van der Waals surface area contributed by atoms with E-state index in [2.05, 4.69) is 58.2 Å². The molecule has 2 nitrogen and oxygen atoms in total. The summed E-state index contributed by atoms with van der Waals surface area (Å²) in [6, 6.07) is 7.49. The van der Waals surface area contributed by atoms with E-state index in [1.54, 1.807) is 0 Å². The van der Waals surface area contributed by atoms with E-state index < -0.39 is 0 Å². The maximum Gasteiger partial charge on any atom is 0.0412 e. The molecule has 0 amide bonds. The van der Waals surface area contributed by atoms with Gasteiger partial charge in [0.15, 0.2) is 0 Å². The minimum absolute atomic E-state index is 0.767. The SMILES string of the molecule is CC1CN(c2ccc(Br)cc2CNC2CC2)CC1C. The average molecular weight is 323 g/mol. The topological polar surface area (TPSA) is 15.3 Å². The summed E-state index contributed by atoms with van der Waals surface area (Å²) in [4.78, 5) is 2.56. The van der Waals surface area contributed by atoms with Gasteiger partial charge in [0.25, 0.3) is 0 Å². The average Bonchev–Trinajstić information content (AvgIpc) is 3.14. The van der Waals surface area contributed by atoms with E-state index in [0.29, 0.717) is 0 Å². The highest BCUT2D eigenvalue weighted by Gasteiger charge is 2.28. The third-order valence-corrected chi connectivity index (χ3v) is 5.02. The number of nitrogens with one attached hydrogen (secondary N) is 1. The molecular formula is C16H23BrN2. The van der Waals surface area contributed by atoms with Crippen LogP contribution >= 0.6 is 15.9 Å². The van der Waals surface area contributed by atoms with E-state index in [-0.39, 0.29) is 0 Å². The minimum Gasteiger partial charge on any atom is -0.371 e. The van der Waals surface area contributed by atoms with Gasteiger partial charge in [0, 0.05) is 35.8 Å². The first kappa shape index (κ1) is 13.4. The lowest BCUT2D eigenvalue weighted by Gasteiger charge is -2.22. The van der Waals surface area contributed by atoms with Crippen LogP contribution in [0.1, 0.15) is 32.3 Å². The van der Waals surface area contributed by atoms with E-state index in [1.165, 1.54) is 41.7 Å². The molecule has 1 aromatic rings. The molecule has 3 rings (SSSR count). The van der Waals surface area contributed by atoms with E-state index in [9.17, 15) is 0 Å². The van der Waals surface area contributed by atoms with Gasteiger partial charge < -0.3 is 10.2 Å². The van der Waals surface area contributed by atoms with Crippen molar-refractivity contribution in [1.29, 1.82) is 0 Å². The number of nitrogens with zero attached hydrogens (tertiary/aromatic N) is 1. The van der Waals surface area contributed by atoms with Gasteiger partial charge in [-0.25, -0.2) is 0 Å². The Morgan fingerprint density at radius 3 is 2.53 bits per heavy atom. The van der Waals surface area contributed by atoms with Crippen LogP contribution in [0.3, 0.4) is 0 Å². The summed E-state index contributed by atoms with van der Waals surface area (Å²) in [5.74, 6) is 1.60. The number of benzene rings is 1. The molecule has 1 saturated carbocycles. The smallest absolute Gasteiger partial charge is 0.0412 e. The number of hydrogen-bond donors (Lipinski definition) is 1. The highest BCUT2D eigenvalue weighted by Crippen LogP contribution is 2.32. The summed E-state index contributed by atoms with van der Waals surface area (Å²) in [5.41, 5.74) is 2.86. The van der Waals surface area contributed by atoms with Gasteiger partial charge in [-0.3, -0.25) is 0 Å². The zero-order valence-electron chi connectivity index (χ0n) is 11.8. The fraction of sp³-hybridized carbons (Fsp3) is 0.625. The van der Waals surface area contributed by atoms with Crippen LogP contribution in [0.4, 0.5) is 5.69 Å². The highest BCUT2D eigenvalue weighted by atomic mass is 79.9. The molecule has 1 aliphatic heterocycles. The van der Waals surface area contributed by atoms with Crippen molar-refractivity contribution in [1.82, 2.24) is 5.32 Å². The molecule has 1 N–H and O–H groups in total. The van der Waals surface area contributed by atoms with Crippen LogP contribution in [0.2, 0.25) is 0 Å². The zero-order chi connectivity index (χ0) is 13.4. The van der Waals surface area contributed by atoms with E-state index >= 15 is 0 Å². The van der Waals surface area contributed by atoms with Gasteiger partial charge in [-0.1, -0.05) is 29.8 Å². The van der Waals surface area contributed by atoms with E-state index in [4.69, 9.17) is 0 Å². The standard InChI is InChI=1S/C16H23BrN2/c1-11-9-19(10-12(11)2)16-6-3-14(17)7-13(16)8-18-15-4-5-15/h3,6-7,11-12,15,18H,4-5,8-10H2,1-2H3. The number of anilines is 1. The molecule has 1 aliphatic carbocycles. The quantitative estimate of drug-likeness (QED) is 0.907. The Bertz CT molecular complexity index is 446. The summed E-state index contributed by atoms with van der Waals surface area (Å²) < 4.78 is 1.18. The van der Waals surface area contributed by atoms with Gasteiger partial charge in [-0.05, 0) is 48.4 Å². The molecule has 1 heterocycles. The molecule has 0 spiro atoms. The third kappa shape index (κ3) is 3.14. The lowest BCUT2D eigenvalue weighted by atomic mass is 10.0. The Hall–Kier alpha value is -0.540. The van der Waals surface area contributed by atoms with Crippen LogP contribution in [0.25, 0.3) is 0 Å². The molecule has 1 aromatic carbocycles. The highest BCUT2D eigenvalue weighted by molar-refractivity contribution is 9.10. The van der Waals surface area contributed by atoms with Gasteiger partial charge >= 0.3 is 0 Å². The van der Waals surface area contributed by atoms with Crippen molar-refractivity contribution < 1.29 is 0 Å². The summed E-state index contributed by atoms with van der Waals surface area (Å²) in [5, 5.41) is 3.64. The van der Waals surface area contributed by atoms with Crippen molar-refractivity contribution in [3.8, 4) is 0 Å². The number of halogens is 1. The Labute approximate surface area is 124 Å². The van der Waals surface area contributed by atoms with E-state index in [0.717, 1.165) is 24.4 Å². The van der Waals surface area contributed by atoms with Crippen molar-refractivity contribution in [3.05, 3.63) is 28.2 Å². The second-order valence-corrected chi connectivity index (χ2v) is 7.20. The van der Waals surface area contributed by atoms with Crippen molar-refractivity contribution in [3.63, 3.8) is 0 Å². The van der Waals surface area contributed by atoms with Crippen molar-refractivity contribution >= 4 is 21.6 Å². The van der Waals surface area contributed by atoms with Gasteiger partial charge in [-0.2, -0.15) is 0 Å². The van der Waals surface area contributed by atoms with Gasteiger partial charge in [0.2, 0.25) is 0 Å². The zero-order valence-corrected chi connectivity index (χ0v) is 13.4. The van der Waals surface area contributed by atoms with E-state index in [1.807, 2.05) is 0 Å². The lowest BCUT2D eigenvalue weighted by Crippen LogP contribution is -2.23. The Kier molecular flexibility index (Phi) is 3.86. The molecule has 0 bridgehead atoms.